The average Bonchev–Trinajstić information content (AvgIpc) is 2.79. The standard InChI is InChI=1S/C28H25N2P/c1-27(2)19-9-5-7-11-24(19)31-25-12-8-6-10-20(25)28(3,4)22-16-18(15-21(27)26(22)31)23-17-29-13-14-30-23/h5-17H,1-4H3. The highest BCUT2D eigenvalue weighted by Gasteiger charge is 2.46. The Morgan fingerprint density at radius 1 is 0.677 bits per heavy atom. The Morgan fingerprint density at radius 2 is 1.23 bits per heavy atom. The molecule has 0 radical (unpaired) electrons. The molecule has 3 aromatic carbocycles. The summed E-state index contributed by atoms with van der Waals surface area (Å²) in [5.74, 6) is 0. The minimum Gasteiger partial charge on any atom is -0.261 e. The highest BCUT2D eigenvalue weighted by Crippen LogP contribution is 2.54. The third kappa shape index (κ3) is 2.49. The summed E-state index contributed by atoms with van der Waals surface area (Å²) in [6.07, 6.45) is 5.41. The highest BCUT2D eigenvalue weighted by atomic mass is 31.1. The van der Waals surface area contributed by atoms with Gasteiger partial charge in [0.25, 0.3) is 0 Å². The molecule has 0 atom stereocenters. The first-order valence-corrected chi connectivity index (χ1v) is 12.2. The number of rotatable bonds is 1. The summed E-state index contributed by atoms with van der Waals surface area (Å²) in [5, 5.41) is 4.56. The van der Waals surface area contributed by atoms with Gasteiger partial charge in [-0.05, 0) is 58.2 Å². The first-order chi connectivity index (χ1) is 14.9. The summed E-state index contributed by atoms with van der Waals surface area (Å²) in [5.41, 5.74) is 7.75. The van der Waals surface area contributed by atoms with Gasteiger partial charge in [-0.25, -0.2) is 0 Å². The summed E-state index contributed by atoms with van der Waals surface area (Å²) < 4.78 is 0. The summed E-state index contributed by atoms with van der Waals surface area (Å²) in [7, 11) is -0.585. The summed E-state index contributed by atoms with van der Waals surface area (Å²) in [4.78, 5) is 8.98. The molecule has 0 unspecified atom stereocenters. The lowest BCUT2D eigenvalue weighted by molar-refractivity contribution is 0.624. The summed E-state index contributed by atoms with van der Waals surface area (Å²) in [6.45, 7) is 9.51. The molecule has 1 aromatic heterocycles. The molecule has 3 heterocycles. The number of hydrogen-bond donors (Lipinski definition) is 0. The molecule has 0 spiro atoms. The van der Waals surface area contributed by atoms with Crippen molar-refractivity contribution in [2.45, 2.75) is 38.5 Å². The van der Waals surface area contributed by atoms with Crippen molar-refractivity contribution in [3.05, 3.63) is 102 Å². The zero-order valence-electron chi connectivity index (χ0n) is 18.3. The Morgan fingerprint density at radius 3 is 1.74 bits per heavy atom. The lowest BCUT2D eigenvalue weighted by Crippen LogP contribution is -2.48. The zero-order chi connectivity index (χ0) is 21.4. The average molecular weight is 420 g/mol. The Labute approximate surface area is 185 Å². The molecule has 2 aliphatic rings. The molecule has 0 amide bonds. The van der Waals surface area contributed by atoms with Crippen LogP contribution in [0.3, 0.4) is 0 Å². The lowest BCUT2D eigenvalue weighted by atomic mass is 9.71. The second-order valence-electron chi connectivity index (χ2n) is 9.63. The molecule has 2 nitrogen and oxygen atoms in total. The van der Waals surface area contributed by atoms with E-state index in [1.165, 1.54) is 32.9 Å². The summed E-state index contributed by atoms with van der Waals surface area (Å²) >= 11 is 0. The lowest BCUT2D eigenvalue weighted by Gasteiger charge is -2.47. The molecule has 0 N–H and O–H groups in total. The first-order valence-electron chi connectivity index (χ1n) is 10.9. The third-order valence-corrected chi connectivity index (χ3v) is 9.85. The van der Waals surface area contributed by atoms with Crippen molar-refractivity contribution in [2.24, 2.45) is 0 Å². The van der Waals surface area contributed by atoms with E-state index in [2.05, 4.69) is 98.3 Å². The van der Waals surface area contributed by atoms with Crippen LogP contribution in [0, 0.1) is 0 Å². The van der Waals surface area contributed by atoms with Crippen LogP contribution in [0.5, 0.6) is 0 Å². The largest absolute Gasteiger partial charge is 0.261 e. The van der Waals surface area contributed by atoms with Crippen molar-refractivity contribution in [2.75, 3.05) is 0 Å². The fourth-order valence-electron chi connectivity index (χ4n) is 5.48. The van der Waals surface area contributed by atoms with Gasteiger partial charge in [0, 0.05) is 28.8 Å². The molecule has 0 aliphatic carbocycles. The maximum absolute atomic E-state index is 4.64. The van der Waals surface area contributed by atoms with E-state index >= 15 is 0 Å². The number of hydrogen-bond acceptors (Lipinski definition) is 2. The van der Waals surface area contributed by atoms with Gasteiger partial charge in [-0.2, -0.15) is 0 Å². The third-order valence-electron chi connectivity index (χ3n) is 7.18. The van der Waals surface area contributed by atoms with Gasteiger partial charge in [0.1, 0.15) is 0 Å². The fourth-order valence-corrected chi connectivity index (χ4v) is 9.05. The van der Waals surface area contributed by atoms with Gasteiger partial charge in [0.2, 0.25) is 0 Å². The van der Waals surface area contributed by atoms with Gasteiger partial charge >= 0.3 is 0 Å². The predicted molar refractivity (Wildman–Crippen MR) is 130 cm³/mol. The van der Waals surface area contributed by atoms with Crippen molar-refractivity contribution in [3.8, 4) is 11.3 Å². The Kier molecular flexibility index (Phi) is 3.87. The Hall–Kier alpha value is -2.83. The van der Waals surface area contributed by atoms with Crippen LogP contribution in [0.15, 0.2) is 79.3 Å². The smallest absolute Gasteiger partial charge is 0.0885 e. The second kappa shape index (κ2) is 6.34. The van der Waals surface area contributed by atoms with E-state index in [-0.39, 0.29) is 10.8 Å². The van der Waals surface area contributed by atoms with Crippen molar-refractivity contribution in [1.82, 2.24) is 9.97 Å². The Bertz CT molecular complexity index is 1260. The molecular formula is C28H25N2P. The molecule has 4 aromatic rings. The summed E-state index contributed by atoms with van der Waals surface area (Å²) in [6, 6.07) is 23.0. The fraction of sp³-hybridized carbons (Fsp3) is 0.214. The van der Waals surface area contributed by atoms with E-state index in [0.29, 0.717) is 0 Å². The van der Waals surface area contributed by atoms with Crippen LogP contribution >= 0.6 is 7.92 Å². The van der Waals surface area contributed by atoms with Crippen molar-refractivity contribution in [3.63, 3.8) is 0 Å². The number of benzene rings is 3. The number of nitrogens with zero attached hydrogens (tertiary/aromatic N) is 2. The molecule has 0 bridgehead atoms. The highest BCUT2D eigenvalue weighted by molar-refractivity contribution is 7.80. The predicted octanol–water partition coefficient (Wildman–Crippen LogP) is 5.18. The van der Waals surface area contributed by atoms with Crippen molar-refractivity contribution >= 4 is 23.8 Å². The number of fused-ring (bicyclic) bond motifs is 4. The quantitative estimate of drug-likeness (QED) is 0.397. The molecule has 6 rings (SSSR count). The maximum atomic E-state index is 4.64. The van der Waals surface area contributed by atoms with Gasteiger partial charge in [-0.15, -0.1) is 0 Å². The van der Waals surface area contributed by atoms with Gasteiger partial charge < -0.3 is 0 Å². The molecular weight excluding hydrogens is 395 g/mol. The SMILES string of the molecule is CC1(C)c2ccccc2P2c3ccccc3C(C)(C)c3cc(-c4cnccn4)cc1c32. The van der Waals surface area contributed by atoms with E-state index in [9.17, 15) is 0 Å². The molecule has 3 heteroatoms. The van der Waals surface area contributed by atoms with Crippen molar-refractivity contribution in [1.29, 1.82) is 0 Å². The monoisotopic (exact) mass is 420 g/mol. The topological polar surface area (TPSA) is 25.8 Å². The van der Waals surface area contributed by atoms with Crippen LogP contribution in [0.25, 0.3) is 11.3 Å². The van der Waals surface area contributed by atoms with Crippen LogP contribution in [0.2, 0.25) is 0 Å². The molecule has 0 fully saturated rings. The van der Waals surface area contributed by atoms with E-state index in [0.717, 1.165) is 11.3 Å². The van der Waals surface area contributed by atoms with Gasteiger partial charge in [0.15, 0.2) is 0 Å². The van der Waals surface area contributed by atoms with Gasteiger partial charge in [-0.3, -0.25) is 9.97 Å². The van der Waals surface area contributed by atoms with E-state index in [1.54, 1.807) is 17.7 Å². The Balaban J connectivity index is 1.77. The molecule has 2 aliphatic heterocycles. The minimum atomic E-state index is -0.585. The minimum absolute atomic E-state index is 0.0694. The van der Waals surface area contributed by atoms with Crippen LogP contribution in [0.4, 0.5) is 0 Å². The molecule has 31 heavy (non-hydrogen) atoms. The van der Waals surface area contributed by atoms with Gasteiger partial charge in [0.05, 0.1) is 11.9 Å². The van der Waals surface area contributed by atoms with Crippen LogP contribution in [-0.2, 0) is 10.8 Å². The van der Waals surface area contributed by atoms with E-state index in [4.69, 9.17) is 0 Å². The molecule has 152 valence electrons. The molecule has 0 saturated carbocycles. The van der Waals surface area contributed by atoms with Crippen LogP contribution in [-0.4, -0.2) is 9.97 Å². The normalized spacial score (nSPS) is 17.4. The maximum Gasteiger partial charge on any atom is 0.0885 e. The van der Waals surface area contributed by atoms with E-state index < -0.39 is 7.92 Å². The van der Waals surface area contributed by atoms with Gasteiger partial charge in [-0.1, -0.05) is 76.2 Å². The van der Waals surface area contributed by atoms with E-state index in [1.807, 2.05) is 6.20 Å². The number of aromatic nitrogens is 2. The van der Waals surface area contributed by atoms with Crippen LogP contribution in [0.1, 0.15) is 49.9 Å². The second-order valence-corrected chi connectivity index (χ2v) is 11.7. The van der Waals surface area contributed by atoms with Crippen LogP contribution < -0.4 is 15.9 Å². The first kappa shape index (κ1) is 18.9. The van der Waals surface area contributed by atoms with Crippen molar-refractivity contribution < 1.29 is 0 Å². The molecule has 0 saturated heterocycles. The zero-order valence-corrected chi connectivity index (χ0v) is 19.2.